The number of benzene rings is 3. The van der Waals surface area contributed by atoms with Gasteiger partial charge in [0.25, 0.3) is 0 Å². The van der Waals surface area contributed by atoms with Gasteiger partial charge in [0.1, 0.15) is 5.75 Å². The molecule has 0 fully saturated rings. The number of ether oxygens (including phenoxy) is 1. The van der Waals surface area contributed by atoms with Crippen LogP contribution in [-0.4, -0.2) is 33.0 Å². The molecule has 4 aromatic rings. The highest BCUT2D eigenvalue weighted by Crippen LogP contribution is 2.29. The van der Waals surface area contributed by atoms with Gasteiger partial charge < -0.3 is 10.1 Å². The molecule has 0 saturated heterocycles. The summed E-state index contributed by atoms with van der Waals surface area (Å²) in [4.78, 5) is 12.6. The van der Waals surface area contributed by atoms with E-state index in [1.807, 2.05) is 72.2 Å². The number of carbonyl (C=O) groups is 1. The standard InChI is InChI=1S/C27H28N4O2S/c1-4-20-8-12-22(13-9-20)28-25(32)18-34-27-30-29-26(21-10-6-19(3)7-11-21)31(27)23-14-16-24(17-15-23)33-5-2/h6-17H,4-5,18H2,1-3H3,(H,28,32). The zero-order chi connectivity index (χ0) is 23.9. The SMILES string of the molecule is CCOc1ccc(-n2c(SCC(=O)Nc3ccc(CC)cc3)nnc2-c2ccc(C)cc2)cc1. The van der Waals surface area contributed by atoms with Gasteiger partial charge in [-0.05, 0) is 62.2 Å². The van der Waals surface area contributed by atoms with Crippen LogP contribution >= 0.6 is 11.8 Å². The number of aromatic nitrogens is 3. The third-order valence-corrected chi connectivity index (χ3v) is 6.26. The highest BCUT2D eigenvalue weighted by Gasteiger charge is 2.17. The van der Waals surface area contributed by atoms with Gasteiger partial charge in [0.2, 0.25) is 5.91 Å². The Morgan fingerprint density at radius 1 is 0.941 bits per heavy atom. The van der Waals surface area contributed by atoms with Crippen molar-refractivity contribution in [1.29, 1.82) is 0 Å². The predicted octanol–water partition coefficient (Wildman–Crippen LogP) is 5.93. The van der Waals surface area contributed by atoms with Gasteiger partial charge in [0.05, 0.1) is 12.4 Å². The molecule has 34 heavy (non-hydrogen) atoms. The van der Waals surface area contributed by atoms with Crippen LogP contribution in [-0.2, 0) is 11.2 Å². The molecule has 1 heterocycles. The lowest BCUT2D eigenvalue weighted by atomic mass is 10.1. The van der Waals surface area contributed by atoms with E-state index < -0.39 is 0 Å². The molecular formula is C27H28N4O2S. The van der Waals surface area contributed by atoms with Crippen LogP contribution in [0.4, 0.5) is 5.69 Å². The second kappa shape index (κ2) is 11.0. The number of thioether (sulfide) groups is 1. The Morgan fingerprint density at radius 2 is 1.65 bits per heavy atom. The van der Waals surface area contributed by atoms with E-state index in [1.54, 1.807) is 0 Å². The summed E-state index contributed by atoms with van der Waals surface area (Å²) in [5.41, 5.74) is 5.06. The molecule has 4 rings (SSSR count). The summed E-state index contributed by atoms with van der Waals surface area (Å²) >= 11 is 1.36. The maximum absolute atomic E-state index is 12.6. The maximum Gasteiger partial charge on any atom is 0.234 e. The number of hydrogen-bond donors (Lipinski definition) is 1. The first-order chi connectivity index (χ1) is 16.6. The lowest BCUT2D eigenvalue weighted by molar-refractivity contribution is -0.113. The first-order valence-electron chi connectivity index (χ1n) is 11.3. The Morgan fingerprint density at radius 3 is 2.29 bits per heavy atom. The van der Waals surface area contributed by atoms with Crippen LogP contribution in [0.1, 0.15) is 25.0 Å². The Labute approximate surface area is 204 Å². The predicted molar refractivity (Wildman–Crippen MR) is 138 cm³/mol. The molecule has 0 aliphatic rings. The Hall–Kier alpha value is -3.58. The molecule has 0 atom stereocenters. The summed E-state index contributed by atoms with van der Waals surface area (Å²) in [7, 11) is 0. The lowest BCUT2D eigenvalue weighted by Gasteiger charge is -2.12. The van der Waals surface area contributed by atoms with Crippen molar-refractivity contribution in [2.24, 2.45) is 0 Å². The fourth-order valence-corrected chi connectivity index (χ4v) is 4.25. The quantitative estimate of drug-likeness (QED) is 0.306. The summed E-state index contributed by atoms with van der Waals surface area (Å²) in [5, 5.41) is 12.5. The molecule has 0 unspecified atom stereocenters. The van der Waals surface area contributed by atoms with E-state index in [2.05, 4.69) is 41.5 Å². The van der Waals surface area contributed by atoms with Gasteiger partial charge >= 0.3 is 0 Å². The molecule has 1 aromatic heterocycles. The number of anilines is 1. The van der Waals surface area contributed by atoms with Gasteiger partial charge in [0.15, 0.2) is 11.0 Å². The topological polar surface area (TPSA) is 69.0 Å². The molecule has 0 aliphatic heterocycles. The zero-order valence-corrected chi connectivity index (χ0v) is 20.4. The molecule has 7 heteroatoms. The average Bonchev–Trinajstić information content (AvgIpc) is 3.28. The highest BCUT2D eigenvalue weighted by atomic mass is 32.2. The number of nitrogens with zero attached hydrogens (tertiary/aromatic N) is 3. The van der Waals surface area contributed by atoms with Crippen molar-refractivity contribution in [3.8, 4) is 22.8 Å². The Kier molecular flexibility index (Phi) is 7.65. The second-order valence-electron chi connectivity index (χ2n) is 7.82. The van der Waals surface area contributed by atoms with Crippen molar-refractivity contribution in [2.75, 3.05) is 17.7 Å². The smallest absolute Gasteiger partial charge is 0.234 e. The van der Waals surface area contributed by atoms with Crippen molar-refractivity contribution >= 4 is 23.4 Å². The number of amides is 1. The third-order valence-electron chi connectivity index (χ3n) is 5.33. The number of rotatable bonds is 9. The van der Waals surface area contributed by atoms with E-state index in [0.29, 0.717) is 11.8 Å². The minimum atomic E-state index is -0.0904. The fourth-order valence-electron chi connectivity index (χ4n) is 3.49. The number of hydrogen-bond acceptors (Lipinski definition) is 5. The molecule has 1 amide bonds. The molecule has 174 valence electrons. The molecule has 0 bridgehead atoms. The number of aryl methyl sites for hydroxylation is 2. The van der Waals surface area contributed by atoms with Crippen molar-refractivity contribution < 1.29 is 9.53 Å². The van der Waals surface area contributed by atoms with Gasteiger partial charge in [-0.15, -0.1) is 10.2 Å². The maximum atomic E-state index is 12.6. The zero-order valence-electron chi connectivity index (χ0n) is 19.6. The second-order valence-corrected chi connectivity index (χ2v) is 8.76. The van der Waals surface area contributed by atoms with E-state index in [9.17, 15) is 4.79 Å². The van der Waals surface area contributed by atoms with E-state index >= 15 is 0 Å². The minimum absolute atomic E-state index is 0.0904. The Balaban J connectivity index is 1.57. The summed E-state index contributed by atoms with van der Waals surface area (Å²) in [6, 6.07) is 23.9. The molecule has 1 N–H and O–H groups in total. The first kappa shape index (κ1) is 23.6. The van der Waals surface area contributed by atoms with Gasteiger partial charge in [-0.2, -0.15) is 0 Å². The average molecular weight is 473 g/mol. The fraction of sp³-hybridized carbons (Fsp3) is 0.222. The van der Waals surface area contributed by atoms with Gasteiger partial charge in [-0.3, -0.25) is 9.36 Å². The number of carbonyl (C=O) groups excluding carboxylic acids is 1. The number of nitrogens with one attached hydrogen (secondary N) is 1. The molecular weight excluding hydrogens is 444 g/mol. The summed E-state index contributed by atoms with van der Waals surface area (Å²) < 4.78 is 7.57. The third kappa shape index (κ3) is 5.66. The Bertz CT molecular complexity index is 1230. The lowest BCUT2D eigenvalue weighted by Crippen LogP contribution is -2.14. The van der Waals surface area contributed by atoms with Crippen LogP contribution in [0.2, 0.25) is 0 Å². The molecule has 0 aliphatic carbocycles. The summed E-state index contributed by atoms with van der Waals surface area (Å²) in [6.45, 7) is 6.73. The van der Waals surface area contributed by atoms with Crippen LogP contribution in [0.25, 0.3) is 17.1 Å². The van der Waals surface area contributed by atoms with E-state index in [-0.39, 0.29) is 11.7 Å². The van der Waals surface area contributed by atoms with Gasteiger partial charge in [0, 0.05) is 16.9 Å². The van der Waals surface area contributed by atoms with Crippen molar-refractivity contribution in [2.45, 2.75) is 32.3 Å². The normalized spacial score (nSPS) is 10.8. The van der Waals surface area contributed by atoms with Crippen LogP contribution < -0.4 is 10.1 Å². The van der Waals surface area contributed by atoms with Crippen molar-refractivity contribution in [3.63, 3.8) is 0 Å². The van der Waals surface area contributed by atoms with E-state index in [4.69, 9.17) is 4.74 Å². The van der Waals surface area contributed by atoms with Crippen LogP contribution in [0.15, 0.2) is 78.0 Å². The van der Waals surface area contributed by atoms with Crippen molar-refractivity contribution in [1.82, 2.24) is 14.8 Å². The van der Waals surface area contributed by atoms with E-state index in [0.717, 1.165) is 34.9 Å². The van der Waals surface area contributed by atoms with Crippen molar-refractivity contribution in [3.05, 3.63) is 83.9 Å². The summed E-state index contributed by atoms with van der Waals surface area (Å²) in [6.07, 6.45) is 0.967. The first-order valence-corrected chi connectivity index (χ1v) is 12.3. The van der Waals surface area contributed by atoms with Crippen LogP contribution in [0.3, 0.4) is 0 Å². The molecule has 3 aromatic carbocycles. The largest absolute Gasteiger partial charge is 0.494 e. The molecule has 0 spiro atoms. The molecule has 0 radical (unpaired) electrons. The minimum Gasteiger partial charge on any atom is -0.494 e. The van der Waals surface area contributed by atoms with E-state index in [1.165, 1.54) is 22.9 Å². The van der Waals surface area contributed by atoms with Crippen LogP contribution in [0.5, 0.6) is 5.75 Å². The molecule has 6 nitrogen and oxygen atoms in total. The monoisotopic (exact) mass is 472 g/mol. The van der Waals surface area contributed by atoms with Gasteiger partial charge in [-0.25, -0.2) is 0 Å². The summed E-state index contributed by atoms with van der Waals surface area (Å²) in [5.74, 6) is 1.66. The highest BCUT2D eigenvalue weighted by molar-refractivity contribution is 7.99. The van der Waals surface area contributed by atoms with Crippen LogP contribution in [0, 0.1) is 6.92 Å². The molecule has 0 saturated carbocycles. The van der Waals surface area contributed by atoms with Gasteiger partial charge in [-0.1, -0.05) is 60.6 Å².